The Kier molecular flexibility index (Phi) is 1.40. The number of rotatable bonds is 0. The summed E-state index contributed by atoms with van der Waals surface area (Å²) in [5.41, 5.74) is 0.401. The molecule has 3 rings (SSSR count). The zero-order valence-corrected chi connectivity index (χ0v) is 7.87. The van der Waals surface area contributed by atoms with Crippen molar-refractivity contribution in [2.24, 2.45) is 0 Å². The van der Waals surface area contributed by atoms with E-state index in [2.05, 4.69) is 10.3 Å². The van der Waals surface area contributed by atoms with Crippen LogP contribution < -0.4 is 5.32 Å². The van der Waals surface area contributed by atoms with Crippen molar-refractivity contribution in [3.63, 3.8) is 0 Å². The molecule has 0 saturated carbocycles. The molecule has 4 N–H and O–H groups in total. The minimum atomic E-state index is -0.498. The number of aromatic amines is 1. The number of aromatic nitrogens is 1. The molecular weight excluding hydrogens is 212 g/mol. The fourth-order valence-electron chi connectivity index (χ4n) is 1.85. The van der Waals surface area contributed by atoms with Gasteiger partial charge < -0.3 is 10.2 Å². The summed E-state index contributed by atoms with van der Waals surface area (Å²) in [4.78, 5) is 25.0. The van der Waals surface area contributed by atoms with E-state index in [4.69, 9.17) is 0 Å². The number of nitrogens with one attached hydrogen (secondary N) is 2. The van der Waals surface area contributed by atoms with Gasteiger partial charge in [-0.25, -0.2) is 0 Å². The molecule has 1 aromatic carbocycles. The fourth-order valence-corrected chi connectivity index (χ4v) is 1.85. The number of benzene rings is 1. The monoisotopic (exact) mass is 218 g/mol. The molecule has 6 nitrogen and oxygen atoms in total. The Morgan fingerprint density at radius 1 is 0.875 bits per heavy atom. The smallest absolute Gasteiger partial charge is 0.258 e. The van der Waals surface area contributed by atoms with Crippen LogP contribution in [-0.4, -0.2) is 27.0 Å². The number of carbonyl (C=O) groups excluding carboxylic acids is 2. The first-order valence-electron chi connectivity index (χ1n) is 4.51. The van der Waals surface area contributed by atoms with Gasteiger partial charge in [-0.05, 0) is 12.1 Å². The molecule has 2 heterocycles. The Balaban J connectivity index is 2.45. The van der Waals surface area contributed by atoms with Gasteiger partial charge >= 0.3 is 0 Å². The summed E-state index contributed by atoms with van der Waals surface area (Å²) in [6, 6.07) is 2.74. The van der Waals surface area contributed by atoms with Gasteiger partial charge in [0.05, 0.1) is 11.1 Å². The summed E-state index contributed by atoms with van der Waals surface area (Å²) >= 11 is 0. The summed E-state index contributed by atoms with van der Waals surface area (Å²) in [7, 11) is 0. The highest BCUT2D eigenvalue weighted by Crippen LogP contribution is 2.35. The Bertz CT molecular complexity index is 602. The zero-order chi connectivity index (χ0) is 11.4. The van der Waals surface area contributed by atoms with Crippen molar-refractivity contribution in [3.05, 3.63) is 23.3 Å². The first-order chi connectivity index (χ1) is 7.58. The second-order valence-electron chi connectivity index (χ2n) is 3.55. The molecule has 1 aliphatic heterocycles. The molecule has 0 radical (unpaired) electrons. The molecule has 2 aromatic rings. The Hall–Kier alpha value is -2.50. The lowest BCUT2D eigenvalue weighted by Crippen LogP contribution is -2.19. The molecule has 0 saturated heterocycles. The van der Waals surface area contributed by atoms with Gasteiger partial charge in [-0.1, -0.05) is 0 Å². The molecular formula is C10H6N2O4. The van der Waals surface area contributed by atoms with Crippen LogP contribution in [-0.2, 0) is 0 Å². The second-order valence-corrected chi connectivity index (χ2v) is 3.55. The van der Waals surface area contributed by atoms with Crippen LogP contribution >= 0.6 is 0 Å². The topological polar surface area (TPSA) is 102 Å². The lowest BCUT2D eigenvalue weighted by molar-refractivity contribution is 0.0879. The van der Waals surface area contributed by atoms with E-state index in [1.807, 2.05) is 0 Å². The Morgan fingerprint density at radius 2 is 1.31 bits per heavy atom. The summed E-state index contributed by atoms with van der Waals surface area (Å²) < 4.78 is 0. The first-order valence-corrected chi connectivity index (χ1v) is 4.51. The van der Waals surface area contributed by atoms with Gasteiger partial charge in [-0.3, -0.25) is 19.9 Å². The molecule has 1 aromatic heterocycles. The van der Waals surface area contributed by atoms with Crippen LogP contribution in [0.4, 0.5) is 0 Å². The Morgan fingerprint density at radius 3 is 1.75 bits per heavy atom. The van der Waals surface area contributed by atoms with Crippen LogP contribution in [0.3, 0.4) is 0 Å². The van der Waals surface area contributed by atoms with E-state index in [-0.39, 0.29) is 22.9 Å². The van der Waals surface area contributed by atoms with E-state index < -0.39 is 11.8 Å². The molecule has 0 fully saturated rings. The average Bonchev–Trinajstić information content (AvgIpc) is 2.67. The molecule has 0 unspecified atom stereocenters. The third kappa shape index (κ3) is 0.902. The maximum absolute atomic E-state index is 11.4. The normalized spacial score (nSPS) is 14.2. The summed E-state index contributed by atoms with van der Waals surface area (Å²) in [5.74, 6) is -1.46. The van der Waals surface area contributed by atoms with Gasteiger partial charge in [-0.2, -0.15) is 0 Å². The van der Waals surface area contributed by atoms with Gasteiger partial charge in [0.2, 0.25) is 0 Å². The molecule has 80 valence electrons. The average molecular weight is 218 g/mol. The van der Waals surface area contributed by atoms with Gasteiger partial charge in [-0.15, -0.1) is 0 Å². The van der Waals surface area contributed by atoms with Crippen LogP contribution in [0.25, 0.3) is 10.8 Å². The number of aromatic hydroxyl groups is 2. The molecule has 6 heteroatoms. The van der Waals surface area contributed by atoms with Gasteiger partial charge in [0, 0.05) is 10.8 Å². The minimum Gasteiger partial charge on any atom is -0.494 e. The number of amides is 2. The van der Waals surface area contributed by atoms with Crippen molar-refractivity contribution in [1.29, 1.82) is 0 Å². The molecule has 16 heavy (non-hydrogen) atoms. The standard InChI is InChI=1S/C10H6N2O4/c13-7-3-1-4-6(10(16)12-8(4)14)2-5(3)9(15)11-7/h1-2,11,13,15H,(H,12,14,16). The lowest BCUT2D eigenvalue weighted by Gasteiger charge is -1.95. The van der Waals surface area contributed by atoms with Crippen molar-refractivity contribution < 1.29 is 19.8 Å². The van der Waals surface area contributed by atoms with Crippen LogP contribution in [0, 0.1) is 0 Å². The van der Waals surface area contributed by atoms with E-state index in [1.165, 1.54) is 12.1 Å². The van der Waals surface area contributed by atoms with Gasteiger partial charge in [0.15, 0.2) is 11.8 Å². The predicted molar refractivity (Wildman–Crippen MR) is 53.4 cm³/mol. The van der Waals surface area contributed by atoms with E-state index in [1.54, 1.807) is 0 Å². The molecule has 2 amide bonds. The van der Waals surface area contributed by atoms with Crippen LogP contribution in [0.5, 0.6) is 11.8 Å². The second kappa shape index (κ2) is 2.54. The number of H-pyrrole nitrogens is 1. The number of imide groups is 1. The summed E-state index contributed by atoms with van der Waals surface area (Å²) in [6.45, 7) is 0. The number of hydrogen-bond donors (Lipinski definition) is 4. The number of fused-ring (bicyclic) bond motifs is 2. The van der Waals surface area contributed by atoms with Crippen molar-refractivity contribution in [2.45, 2.75) is 0 Å². The Labute approximate surface area is 88.5 Å². The van der Waals surface area contributed by atoms with Crippen molar-refractivity contribution in [3.8, 4) is 11.8 Å². The van der Waals surface area contributed by atoms with Crippen molar-refractivity contribution in [1.82, 2.24) is 10.3 Å². The highest BCUT2D eigenvalue weighted by molar-refractivity contribution is 6.23. The molecule has 0 spiro atoms. The maximum atomic E-state index is 11.4. The van der Waals surface area contributed by atoms with Crippen molar-refractivity contribution in [2.75, 3.05) is 0 Å². The van der Waals surface area contributed by atoms with E-state index in [9.17, 15) is 19.8 Å². The summed E-state index contributed by atoms with van der Waals surface area (Å²) in [5, 5.41) is 21.6. The fraction of sp³-hybridized carbons (Fsp3) is 0. The van der Waals surface area contributed by atoms with Crippen LogP contribution in [0.1, 0.15) is 20.7 Å². The molecule has 0 bridgehead atoms. The third-order valence-electron chi connectivity index (χ3n) is 2.62. The molecule has 1 aliphatic rings. The lowest BCUT2D eigenvalue weighted by atomic mass is 10.1. The zero-order valence-electron chi connectivity index (χ0n) is 7.87. The first kappa shape index (κ1) is 8.78. The van der Waals surface area contributed by atoms with Crippen molar-refractivity contribution >= 4 is 22.6 Å². The molecule has 0 aliphatic carbocycles. The largest absolute Gasteiger partial charge is 0.494 e. The third-order valence-corrected chi connectivity index (χ3v) is 2.62. The summed E-state index contributed by atoms with van der Waals surface area (Å²) in [6.07, 6.45) is 0. The van der Waals surface area contributed by atoms with E-state index >= 15 is 0 Å². The molecule has 0 atom stereocenters. The SMILES string of the molecule is O=C1NC(=O)c2cc3c(O)[nH]c(O)c3cc21. The van der Waals surface area contributed by atoms with Crippen LogP contribution in [0.2, 0.25) is 0 Å². The van der Waals surface area contributed by atoms with Gasteiger partial charge in [0.1, 0.15) is 0 Å². The maximum Gasteiger partial charge on any atom is 0.258 e. The highest BCUT2D eigenvalue weighted by atomic mass is 16.3. The number of hydrogen-bond acceptors (Lipinski definition) is 4. The van der Waals surface area contributed by atoms with E-state index in [0.717, 1.165) is 0 Å². The van der Waals surface area contributed by atoms with Gasteiger partial charge in [0.25, 0.3) is 11.8 Å². The number of carbonyl (C=O) groups is 2. The highest BCUT2D eigenvalue weighted by Gasteiger charge is 2.28. The quantitative estimate of drug-likeness (QED) is 0.482. The van der Waals surface area contributed by atoms with E-state index in [0.29, 0.717) is 10.8 Å². The predicted octanol–water partition coefficient (Wildman–Crippen LogP) is 0.463. The van der Waals surface area contributed by atoms with Crippen LogP contribution in [0.15, 0.2) is 12.1 Å². The minimum absolute atomic E-state index is 0.201.